The molecule has 0 aliphatic rings. The van der Waals surface area contributed by atoms with Crippen LogP contribution in [0.4, 0.5) is 0 Å². The third-order valence-corrected chi connectivity index (χ3v) is 0.663. The van der Waals surface area contributed by atoms with Gasteiger partial charge in [0.25, 0.3) is 0 Å². The Kier molecular flexibility index (Phi) is 23.1. The van der Waals surface area contributed by atoms with Gasteiger partial charge < -0.3 is 0 Å². The first-order valence-electron chi connectivity index (χ1n) is 2.64. The quantitative estimate of drug-likeness (QED) is 0.215. The number of rotatable bonds is 3. The molecule has 0 radical (unpaired) electrons. The first-order valence-corrected chi connectivity index (χ1v) is 2.64. The molecule has 0 amide bonds. The van der Waals surface area contributed by atoms with Gasteiger partial charge in [-0.15, -0.1) is 4.91 Å². The average Bonchev–Trinajstić information content (AvgIpc) is 1.89. The van der Waals surface area contributed by atoms with Crippen molar-refractivity contribution < 1.29 is 9.63 Å². The van der Waals surface area contributed by atoms with E-state index in [1.165, 1.54) is 6.08 Å². The Hall–Kier alpha value is 1.19. The van der Waals surface area contributed by atoms with Crippen LogP contribution in [-0.2, 0) is 9.63 Å². The minimum absolute atomic E-state index is 0. The summed E-state index contributed by atoms with van der Waals surface area (Å²) in [6.45, 7) is 1.80. The molecule has 0 saturated carbocycles. The average molecular weight is 205 g/mol. The van der Waals surface area contributed by atoms with E-state index in [1.807, 2.05) is 5.34 Å². The first kappa shape index (κ1) is 18.9. The molecule has 58 valence electrons. The van der Waals surface area contributed by atoms with Crippen molar-refractivity contribution in [1.29, 1.82) is 0 Å². The summed E-state index contributed by atoms with van der Waals surface area (Å²) >= 11 is 0. The molecule has 0 heterocycles. The molecule has 0 atom stereocenters. The zero-order valence-corrected chi connectivity index (χ0v) is 5.48. The van der Waals surface area contributed by atoms with Crippen molar-refractivity contribution in [2.75, 3.05) is 0 Å². The van der Waals surface area contributed by atoms with Gasteiger partial charge in [-0.1, -0.05) is 18.2 Å². The maximum absolute atomic E-state index is 10.3. The van der Waals surface area contributed by atoms with Gasteiger partial charge in [0, 0.05) is 6.08 Å². The number of carbonyl (C=O) groups excluding carboxylic acids is 1. The molecule has 0 saturated heterocycles. The SMILES string of the molecule is C/C=C/C=C/C(=O)ON=O.[KH].[NaH]. The van der Waals surface area contributed by atoms with Crippen LogP contribution in [-0.4, -0.2) is 86.9 Å². The molecular formula is C6H9KNNaO3. The fourth-order valence-electron chi connectivity index (χ4n) is 0.312. The van der Waals surface area contributed by atoms with E-state index in [1.54, 1.807) is 19.1 Å². The third kappa shape index (κ3) is 13.8. The van der Waals surface area contributed by atoms with Crippen molar-refractivity contribution in [2.24, 2.45) is 5.34 Å². The van der Waals surface area contributed by atoms with E-state index in [9.17, 15) is 9.70 Å². The molecule has 12 heavy (non-hydrogen) atoms. The molecule has 0 aromatic heterocycles. The summed E-state index contributed by atoms with van der Waals surface area (Å²) in [5, 5.41) is 1.94. The van der Waals surface area contributed by atoms with Gasteiger partial charge in [-0.2, -0.15) is 0 Å². The van der Waals surface area contributed by atoms with Crippen LogP contribution in [0, 0.1) is 4.91 Å². The van der Waals surface area contributed by atoms with Crippen molar-refractivity contribution >= 4 is 86.9 Å². The van der Waals surface area contributed by atoms with Crippen molar-refractivity contribution in [3.63, 3.8) is 0 Å². The van der Waals surface area contributed by atoms with E-state index in [2.05, 4.69) is 4.84 Å². The molecule has 0 aliphatic carbocycles. The molecule has 0 fully saturated rings. The Balaban J connectivity index is -0.000000405. The number of allylic oxidation sites excluding steroid dienone is 3. The predicted molar refractivity (Wildman–Crippen MR) is 50.1 cm³/mol. The van der Waals surface area contributed by atoms with E-state index in [0.29, 0.717) is 0 Å². The number of hydrogen-bond donors (Lipinski definition) is 0. The zero-order valence-electron chi connectivity index (χ0n) is 5.48. The molecule has 0 aromatic carbocycles. The zero-order chi connectivity index (χ0) is 7.82. The Labute approximate surface area is 135 Å². The Morgan fingerprint density at radius 2 is 2.00 bits per heavy atom. The number of carbonyl (C=O) groups is 1. The van der Waals surface area contributed by atoms with Crippen LogP contribution in [0.1, 0.15) is 6.92 Å². The normalized spacial score (nSPS) is 8.75. The van der Waals surface area contributed by atoms with Crippen LogP contribution in [0.25, 0.3) is 0 Å². The molecule has 6 heteroatoms. The van der Waals surface area contributed by atoms with Crippen molar-refractivity contribution in [1.82, 2.24) is 0 Å². The maximum atomic E-state index is 10.3. The molecular weight excluding hydrogens is 196 g/mol. The summed E-state index contributed by atoms with van der Waals surface area (Å²) in [4.78, 5) is 23.3. The Morgan fingerprint density at radius 3 is 2.42 bits per heavy atom. The Bertz CT molecular complexity index is 182. The van der Waals surface area contributed by atoms with Crippen LogP contribution in [0.3, 0.4) is 0 Å². The third-order valence-electron chi connectivity index (χ3n) is 0.663. The molecule has 0 aliphatic heterocycles. The van der Waals surface area contributed by atoms with E-state index in [0.717, 1.165) is 6.08 Å². The van der Waals surface area contributed by atoms with E-state index in [4.69, 9.17) is 0 Å². The predicted octanol–water partition coefficient (Wildman–Crippen LogP) is 0.0463. The van der Waals surface area contributed by atoms with Crippen LogP contribution < -0.4 is 0 Å². The van der Waals surface area contributed by atoms with Gasteiger partial charge in [0.1, 0.15) is 0 Å². The first-order chi connectivity index (χ1) is 4.81. The molecule has 0 spiro atoms. The van der Waals surface area contributed by atoms with Crippen LogP contribution >= 0.6 is 0 Å². The van der Waals surface area contributed by atoms with Gasteiger partial charge in [-0.25, -0.2) is 4.79 Å². The molecule has 0 rings (SSSR count). The summed E-state index contributed by atoms with van der Waals surface area (Å²) in [6, 6.07) is 0. The van der Waals surface area contributed by atoms with Crippen molar-refractivity contribution in [3.05, 3.63) is 29.2 Å². The van der Waals surface area contributed by atoms with Gasteiger partial charge in [0.05, 0.1) is 0 Å². The Morgan fingerprint density at radius 1 is 1.42 bits per heavy atom. The second-order valence-corrected chi connectivity index (χ2v) is 1.37. The molecule has 0 aromatic rings. The van der Waals surface area contributed by atoms with Gasteiger partial charge >= 0.3 is 86.9 Å². The molecule has 0 N–H and O–H groups in total. The van der Waals surface area contributed by atoms with Crippen molar-refractivity contribution in [3.8, 4) is 0 Å². The summed E-state index contributed by atoms with van der Waals surface area (Å²) in [7, 11) is 0. The molecule has 4 nitrogen and oxygen atoms in total. The summed E-state index contributed by atoms with van der Waals surface area (Å²) in [5.74, 6) is -0.770. The second kappa shape index (κ2) is 14.7. The molecule has 0 unspecified atom stereocenters. The van der Waals surface area contributed by atoms with Gasteiger partial charge in [0.2, 0.25) is 0 Å². The summed E-state index contributed by atoms with van der Waals surface area (Å²) < 4.78 is 0. The fourth-order valence-corrected chi connectivity index (χ4v) is 0.312. The fraction of sp³-hybridized carbons (Fsp3) is 0.167. The van der Waals surface area contributed by atoms with Gasteiger partial charge in [0.15, 0.2) is 5.34 Å². The van der Waals surface area contributed by atoms with E-state index >= 15 is 0 Å². The van der Waals surface area contributed by atoms with E-state index in [-0.39, 0.29) is 80.9 Å². The van der Waals surface area contributed by atoms with Crippen LogP contribution in [0.15, 0.2) is 29.6 Å². The van der Waals surface area contributed by atoms with Gasteiger partial charge in [-0.05, 0) is 6.92 Å². The van der Waals surface area contributed by atoms with E-state index < -0.39 is 5.97 Å². The van der Waals surface area contributed by atoms with Gasteiger partial charge in [-0.3, -0.25) is 4.84 Å². The summed E-state index contributed by atoms with van der Waals surface area (Å²) in [5.41, 5.74) is 0. The minimum atomic E-state index is -0.770. The van der Waals surface area contributed by atoms with Crippen molar-refractivity contribution in [2.45, 2.75) is 6.92 Å². The number of hydrogen-bond acceptors (Lipinski definition) is 4. The number of nitrogens with zero attached hydrogens (tertiary/aromatic N) is 1. The standard InChI is InChI=1S/C6H7NO3.K.Na.2H/c1-2-3-4-5-6(8)10-7-9;;;;/h2-5H,1H3;;;;/b3-2+,5-4+;;;;. The molecule has 0 bridgehead atoms. The topological polar surface area (TPSA) is 55.7 Å². The monoisotopic (exact) mass is 205 g/mol. The van der Waals surface area contributed by atoms with Crippen LogP contribution in [0.2, 0.25) is 0 Å². The summed E-state index contributed by atoms with van der Waals surface area (Å²) in [6.07, 6.45) is 5.92. The second-order valence-electron chi connectivity index (χ2n) is 1.37. The van der Waals surface area contributed by atoms with Crippen LogP contribution in [0.5, 0.6) is 0 Å².